The number of para-hydroxylation sites is 1. The van der Waals surface area contributed by atoms with Crippen LogP contribution in [0, 0.1) is 5.82 Å². The molecule has 98 valence electrons. The number of hydrogen-bond donors (Lipinski definition) is 2. The largest absolute Gasteiger partial charge is 0.323 e. The van der Waals surface area contributed by atoms with E-state index in [4.69, 9.17) is 0 Å². The Hall–Kier alpha value is -2.36. The highest BCUT2D eigenvalue weighted by molar-refractivity contribution is 5.99. The summed E-state index contributed by atoms with van der Waals surface area (Å²) < 4.78 is 13.3. The minimum Gasteiger partial charge on any atom is -0.308 e. The van der Waals surface area contributed by atoms with E-state index in [1.54, 1.807) is 12.1 Å². The number of urea groups is 1. The molecule has 2 rings (SSSR count). The van der Waals surface area contributed by atoms with Crippen molar-refractivity contribution in [1.29, 1.82) is 0 Å². The van der Waals surface area contributed by atoms with Gasteiger partial charge in [-0.1, -0.05) is 31.2 Å². The molecule has 4 heteroatoms. The second-order valence-electron chi connectivity index (χ2n) is 4.11. The van der Waals surface area contributed by atoms with Crippen LogP contribution in [0.25, 0.3) is 0 Å². The topological polar surface area (TPSA) is 41.1 Å². The van der Waals surface area contributed by atoms with Crippen LogP contribution in [0.5, 0.6) is 0 Å². The van der Waals surface area contributed by atoms with Crippen molar-refractivity contribution in [2.75, 3.05) is 10.6 Å². The number of carbonyl (C=O) groups is 1. The smallest absolute Gasteiger partial charge is 0.308 e. The minimum absolute atomic E-state index is 0.158. The van der Waals surface area contributed by atoms with Crippen LogP contribution >= 0.6 is 0 Å². The standard InChI is InChI=1S/C15H15FN2O/c1-2-11-7-9-12(10-8-11)17-15(19)18-14-6-4-3-5-13(14)16/h3-10H,2H2,1H3,(H2,17,18,19). The molecule has 0 saturated carbocycles. The molecule has 2 N–H and O–H groups in total. The molecule has 0 aromatic heterocycles. The molecular formula is C15H15FN2O. The summed E-state index contributed by atoms with van der Waals surface area (Å²) in [5.74, 6) is -0.459. The SMILES string of the molecule is CCc1ccc(NC(=O)Nc2ccccc2F)cc1. The van der Waals surface area contributed by atoms with E-state index in [1.165, 1.54) is 17.7 Å². The molecule has 0 spiro atoms. The van der Waals surface area contributed by atoms with E-state index in [9.17, 15) is 9.18 Å². The van der Waals surface area contributed by atoms with Crippen LogP contribution in [0.15, 0.2) is 48.5 Å². The molecule has 0 atom stereocenters. The van der Waals surface area contributed by atoms with Crippen LogP contribution in [0.1, 0.15) is 12.5 Å². The van der Waals surface area contributed by atoms with Gasteiger partial charge in [0, 0.05) is 5.69 Å². The van der Waals surface area contributed by atoms with Crippen LogP contribution in [-0.4, -0.2) is 6.03 Å². The fourth-order valence-electron chi connectivity index (χ4n) is 1.67. The van der Waals surface area contributed by atoms with Crippen molar-refractivity contribution in [2.24, 2.45) is 0 Å². The van der Waals surface area contributed by atoms with Crippen LogP contribution in [-0.2, 0) is 6.42 Å². The summed E-state index contributed by atoms with van der Waals surface area (Å²) in [4.78, 5) is 11.7. The molecule has 0 aliphatic heterocycles. The molecule has 0 bridgehead atoms. The van der Waals surface area contributed by atoms with Crippen molar-refractivity contribution >= 4 is 17.4 Å². The zero-order chi connectivity index (χ0) is 13.7. The lowest BCUT2D eigenvalue weighted by Crippen LogP contribution is -2.20. The Bertz CT molecular complexity index is 567. The van der Waals surface area contributed by atoms with Crippen LogP contribution in [0.4, 0.5) is 20.6 Å². The van der Waals surface area contributed by atoms with Crippen molar-refractivity contribution in [2.45, 2.75) is 13.3 Å². The van der Waals surface area contributed by atoms with E-state index in [0.29, 0.717) is 5.69 Å². The predicted molar refractivity (Wildman–Crippen MR) is 74.9 cm³/mol. The summed E-state index contributed by atoms with van der Waals surface area (Å²) in [7, 11) is 0. The molecule has 0 unspecified atom stereocenters. The molecule has 2 amide bonds. The monoisotopic (exact) mass is 258 g/mol. The maximum absolute atomic E-state index is 13.3. The van der Waals surface area contributed by atoms with Gasteiger partial charge in [-0.15, -0.1) is 0 Å². The van der Waals surface area contributed by atoms with Crippen molar-refractivity contribution < 1.29 is 9.18 Å². The molecule has 0 heterocycles. The predicted octanol–water partition coefficient (Wildman–Crippen LogP) is 4.03. The number of aryl methyl sites for hydroxylation is 1. The summed E-state index contributed by atoms with van der Waals surface area (Å²) in [5.41, 5.74) is 2.02. The maximum Gasteiger partial charge on any atom is 0.323 e. The number of amides is 2. The van der Waals surface area contributed by atoms with Crippen molar-refractivity contribution in [3.05, 3.63) is 59.9 Å². The van der Waals surface area contributed by atoms with Crippen molar-refractivity contribution in [3.8, 4) is 0 Å². The van der Waals surface area contributed by atoms with Gasteiger partial charge in [0.25, 0.3) is 0 Å². The molecule has 0 aliphatic carbocycles. The van der Waals surface area contributed by atoms with E-state index in [1.807, 2.05) is 24.3 Å². The second kappa shape index (κ2) is 6.00. The van der Waals surface area contributed by atoms with E-state index in [2.05, 4.69) is 17.6 Å². The first-order chi connectivity index (χ1) is 9.19. The minimum atomic E-state index is -0.464. The molecule has 2 aromatic rings. The van der Waals surface area contributed by atoms with Crippen LogP contribution in [0.3, 0.4) is 0 Å². The lowest BCUT2D eigenvalue weighted by molar-refractivity contribution is 0.262. The number of hydrogen-bond acceptors (Lipinski definition) is 1. The summed E-state index contributed by atoms with van der Waals surface area (Å²) in [6.45, 7) is 2.06. The average molecular weight is 258 g/mol. The molecule has 0 fully saturated rings. The zero-order valence-corrected chi connectivity index (χ0v) is 10.6. The number of benzene rings is 2. The van der Waals surface area contributed by atoms with Crippen LogP contribution < -0.4 is 10.6 Å². The third kappa shape index (κ3) is 3.55. The van der Waals surface area contributed by atoms with Gasteiger partial charge in [0.1, 0.15) is 5.82 Å². The Morgan fingerprint density at radius 2 is 1.74 bits per heavy atom. The molecule has 3 nitrogen and oxygen atoms in total. The summed E-state index contributed by atoms with van der Waals surface area (Å²) in [6.07, 6.45) is 0.946. The normalized spacial score (nSPS) is 10.0. The number of anilines is 2. The Balaban J connectivity index is 1.99. The molecule has 0 saturated heterocycles. The van der Waals surface area contributed by atoms with Gasteiger partial charge in [-0.2, -0.15) is 0 Å². The number of nitrogens with one attached hydrogen (secondary N) is 2. The summed E-state index contributed by atoms with van der Waals surface area (Å²) >= 11 is 0. The third-order valence-corrected chi connectivity index (χ3v) is 2.74. The molecule has 0 radical (unpaired) electrons. The Kier molecular flexibility index (Phi) is 4.13. The fourth-order valence-corrected chi connectivity index (χ4v) is 1.67. The Morgan fingerprint density at radius 1 is 1.05 bits per heavy atom. The highest BCUT2D eigenvalue weighted by atomic mass is 19.1. The first-order valence-electron chi connectivity index (χ1n) is 6.10. The van der Waals surface area contributed by atoms with E-state index in [-0.39, 0.29) is 5.69 Å². The average Bonchev–Trinajstić information content (AvgIpc) is 2.42. The van der Waals surface area contributed by atoms with Gasteiger partial charge in [0.15, 0.2) is 0 Å². The first-order valence-corrected chi connectivity index (χ1v) is 6.10. The molecule has 19 heavy (non-hydrogen) atoms. The quantitative estimate of drug-likeness (QED) is 0.857. The van der Waals surface area contributed by atoms with E-state index >= 15 is 0 Å². The summed E-state index contributed by atoms with van der Waals surface area (Å²) in [6, 6.07) is 13.1. The second-order valence-corrected chi connectivity index (χ2v) is 4.11. The number of carbonyl (C=O) groups excluding carboxylic acids is 1. The molecule has 0 aliphatic rings. The lowest BCUT2D eigenvalue weighted by atomic mass is 10.1. The van der Waals surface area contributed by atoms with Gasteiger partial charge in [0.2, 0.25) is 0 Å². The van der Waals surface area contributed by atoms with Gasteiger partial charge in [0.05, 0.1) is 5.69 Å². The van der Waals surface area contributed by atoms with E-state index in [0.717, 1.165) is 6.42 Å². The number of rotatable bonds is 3. The van der Waals surface area contributed by atoms with Gasteiger partial charge in [-0.05, 0) is 36.2 Å². The molecule has 2 aromatic carbocycles. The fraction of sp³-hybridized carbons (Fsp3) is 0.133. The Labute approximate surface area is 111 Å². The Morgan fingerprint density at radius 3 is 2.37 bits per heavy atom. The van der Waals surface area contributed by atoms with Gasteiger partial charge in [-0.3, -0.25) is 0 Å². The summed E-state index contributed by atoms with van der Waals surface area (Å²) in [5, 5.41) is 5.11. The number of halogens is 1. The molecular weight excluding hydrogens is 243 g/mol. The van der Waals surface area contributed by atoms with Gasteiger partial charge < -0.3 is 10.6 Å². The van der Waals surface area contributed by atoms with Crippen LogP contribution in [0.2, 0.25) is 0 Å². The first kappa shape index (κ1) is 13.1. The third-order valence-electron chi connectivity index (χ3n) is 2.74. The maximum atomic E-state index is 13.3. The highest BCUT2D eigenvalue weighted by Gasteiger charge is 2.05. The van der Waals surface area contributed by atoms with Crippen molar-refractivity contribution in [3.63, 3.8) is 0 Å². The van der Waals surface area contributed by atoms with Gasteiger partial charge >= 0.3 is 6.03 Å². The highest BCUT2D eigenvalue weighted by Crippen LogP contribution is 2.14. The zero-order valence-electron chi connectivity index (χ0n) is 10.6. The van der Waals surface area contributed by atoms with Gasteiger partial charge in [-0.25, -0.2) is 9.18 Å². The lowest BCUT2D eigenvalue weighted by Gasteiger charge is -2.08. The van der Waals surface area contributed by atoms with Crippen molar-refractivity contribution in [1.82, 2.24) is 0 Å². The van der Waals surface area contributed by atoms with E-state index < -0.39 is 11.8 Å².